The van der Waals surface area contributed by atoms with E-state index < -0.39 is 8.32 Å². The minimum Gasteiger partial charge on any atom is -0.462 e. The van der Waals surface area contributed by atoms with E-state index in [9.17, 15) is 9.59 Å². The zero-order valence-corrected chi connectivity index (χ0v) is 23.1. The molecule has 1 N–H and O–H groups in total. The van der Waals surface area contributed by atoms with Gasteiger partial charge < -0.3 is 14.3 Å². The van der Waals surface area contributed by atoms with Crippen LogP contribution in [0.5, 0.6) is 0 Å². The Hall–Kier alpha value is -2.21. The van der Waals surface area contributed by atoms with Crippen molar-refractivity contribution in [3.8, 4) is 0 Å². The first-order valence-corrected chi connectivity index (χ1v) is 15.5. The molecule has 0 bridgehead atoms. The number of esters is 1. The smallest absolute Gasteiger partial charge is 0.309 e. The van der Waals surface area contributed by atoms with Gasteiger partial charge in [-0.1, -0.05) is 101 Å². The highest BCUT2D eigenvalue weighted by molar-refractivity contribution is 6.98. The molecular weight excluding hydrogens is 464 g/mol. The maximum absolute atomic E-state index is 12.3. The molecule has 5 heteroatoms. The van der Waals surface area contributed by atoms with Crippen molar-refractivity contribution in [1.82, 2.24) is 0 Å². The van der Waals surface area contributed by atoms with Crippen LogP contribution in [0.4, 0.5) is 0 Å². The lowest BCUT2D eigenvalue weighted by Gasteiger charge is -2.41. The summed E-state index contributed by atoms with van der Waals surface area (Å²) < 4.78 is 11.8. The molecule has 0 aliphatic carbocycles. The van der Waals surface area contributed by atoms with Gasteiger partial charge in [0.1, 0.15) is 6.10 Å². The first-order valence-electron chi connectivity index (χ1n) is 13.6. The number of carbonyl (C=O) groups is 1. The molecule has 2 aromatic carbocycles. The third-order valence-corrected chi connectivity index (χ3v) is 12.8. The fraction of sp³-hybridized carbons (Fsp3) is 0.516. The van der Waals surface area contributed by atoms with Gasteiger partial charge >= 0.3 is 5.97 Å². The van der Waals surface area contributed by atoms with Gasteiger partial charge in [-0.05, 0) is 59.5 Å². The van der Waals surface area contributed by atoms with Gasteiger partial charge in [0, 0.05) is 0 Å². The van der Waals surface area contributed by atoms with Crippen LogP contribution in [-0.2, 0) is 14.3 Å². The van der Waals surface area contributed by atoms with Crippen LogP contribution >= 0.6 is 0 Å². The van der Waals surface area contributed by atoms with Crippen LogP contribution in [0.2, 0.25) is 5.04 Å². The lowest BCUT2D eigenvalue weighted by atomic mass is 9.98. The molecule has 2 heterocycles. The summed E-state index contributed by atoms with van der Waals surface area (Å²) in [7, 11) is -2.95. The molecule has 0 amide bonds. The molecule has 2 aromatic rings. The van der Waals surface area contributed by atoms with Gasteiger partial charge in [-0.3, -0.25) is 4.79 Å². The van der Waals surface area contributed by atoms with E-state index in [2.05, 4.69) is 44.7 Å². The van der Waals surface area contributed by atoms with Crippen molar-refractivity contribution in [2.75, 3.05) is 0 Å². The maximum atomic E-state index is 12.3. The van der Waals surface area contributed by atoms with E-state index in [0.717, 1.165) is 61.7 Å². The first-order chi connectivity index (χ1) is 17.2. The van der Waals surface area contributed by atoms with Crippen molar-refractivity contribution in [2.24, 2.45) is 5.92 Å². The summed E-state index contributed by atoms with van der Waals surface area (Å²) in [4.78, 5) is 24.0. The van der Waals surface area contributed by atoms with E-state index in [1.165, 1.54) is 5.57 Å². The van der Waals surface area contributed by atoms with Crippen LogP contribution in [0.15, 0.2) is 72.8 Å². The highest BCUT2D eigenvalue weighted by atomic mass is 28.4. The lowest BCUT2D eigenvalue weighted by molar-refractivity contribution is -0.144. The molecule has 36 heavy (non-hydrogen) atoms. The molecule has 2 aliphatic rings. The van der Waals surface area contributed by atoms with Gasteiger partial charge in [0.05, 0.1) is 18.1 Å². The summed E-state index contributed by atoms with van der Waals surface area (Å²) in [5.41, 5.74) is 1.17. The second-order valence-corrected chi connectivity index (χ2v) is 15.4. The average Bonchev–Trinajstić information content (AvgIpc) is 3.40. The van der Waals surface area contributed by atoms with Gasteiger partial charge in [0.2, 0.25) is 0 Å². The molecule has 0 aromatic heterocycles. The molecule has 0 saturated carbocycles. The van der Waals surface area contributed by atoms with Gasteiger partial charge in [-0.25, -0.2) is 0 Å². The van der Waals surface area contributed by atoms with Crippen LogP contribution in [0.3, 0.4) is 0 Å². The van der Waals surface area contributed by atoms with E-state index in [-0.39, 0.29) is 35.2 Å². The molecular formula is C31H42O4Si. The predicted octanol–water partition coefficient (Wildman–Crippen LogP) is 5.52. The number of benzene rings is 2. The molecule has 4 rings (SSSR count). The number of hydrogen-bond acceptors (Lipinski definition) is 4. The van der Waals surface area contributed by atoms with Gasteiger partial charge in [0.25, 0.3) is 8.32 Å². The van der Waals surface area contributed by atoms with Crippen molar-refractivity contribution in [3.05, 3.63) is 72.8 Å². The maximum Gasteiger partial charge on any atom is 0.309 e. The SMILES string of the molecule is C=C1C[C@H](CCCCC(C)(C)[Si](O)(c2ccccc2)c2ccccc2)O[C@H]1CC[C@@H]1C[C@@H](C)C(=O)O1. The molecule has 2 saturated heterocycles. The van der Waals surface area contributed by atoms with Crippen LogP contribution in [0.1, 0.15) is 72.1 Å². The fourth-order valence-electron chi connectivity index (χ4n) is 6.00. The summed E-state index contributed by atoms with van der Waals surface area (Å²) in [6.45, 7) is 10.7. The molecule has 2 aliphatic heterocycles. The predicted molar refractivity (Wildman–Crippen MR) is 148 cm³/mol. The Morgan fingerprint density at radius 1 is 0.944 bits per heavy atom. The third kappa shape index (κ3) is 5.85. The topological polar surface area (TPSA) is 55.8 Å². The summed E-state index contributed by atoms with van der Waals surface area (Å²) in [6, 6.07) is 20.5. The Labute approximate surface area is 217 Å². The quantitative estimate of drug-likeness (QED) is 0.189. The minimum absolute atomic E-state index is 0.0178. The molecule has 2 fully saturated rings. The van der Waals surface area contributed by atoms with Crippen molar-refractivity contribution in [3.63, 3.8) is 0 Å². The van der Waals surface area contributed by atoms with E-state index in [1.54, 1.807) is 0 Å². The fourth-order valence-corrected chi connectivity index (χ4v) is 9.79. The first kappa shape index (κ1) is 26.8. The number of hydrogen-bond donors (Lipinski definition) is 1. The largest absolute Gasteiger partial charge is 0.462 e. The van der Waals surface area contributed by atoms with Gasteiger partial charge in [-0.15, -0.1) is 0 Å². The highest BCUT2D eigenvalue weighted by Gasteiger charge is 2.49. The van der Waals surface area contributed by atoms with Crippen LogP contribution in [0.25, 0.3) is 0 Å². The Kier molecular flexibility index (Phi) is 8.54. The van der Waals surface area contributed by atoms with Crippen LogP contribution < -0.4 is 10.4 Å². The van der Waals surface area contributed by atoms with Crippen LogP contribution in [-0.4, -0.2) is 37.4 Å². The van der Waals surface area contributed by atoms with Crippen molar-refractivity contribution < 1.29 is 19.1 Å². The number of unbranched alkanes of at least 4 members (excludes halogenated alkanes) is 1. The Morgan fingerprint density at radius 2 is 1.56 bits per heavy atom. The average molecular weight is 507 g/mol. The second kappa shape index (κ2) is 11.5. The highest BCUT2D eigenvalue weighted by Crippen LogP contribution is 2.41. The number of ether oxygens (including phenoxy) is 2. The third-order valence-electron chi connectivity index (χ3n) is 8.29. The second-order valence-electron chi connectivity index (χ2n) is 11.5. The van der Waals surface area contributed by atoms with E-state index in [1.807, 2.05) is 43.3 Å². The lowest BCUT2D eigenvalue weighted by Crippen LogP contribution is -2.65. The molecule has 4 atom stereocenters. The van der Waals surface area contributed by atoms with Crippen LogP contribution in [0, 0.1) is 5.92 Å². The normalized spacial score (nSPS) is 24.8. The summed E-state index contributed by atoms with van der Waals surface area (Å²) in [5.74, 6) is -0.0503. The monoisotopic (exact) mass is 506 g/mol. The van der Waals surface area contributed by atoms with Gasteiger partial charge in [-0.2, -0.15) is 0 Å². The molecule has 194 valence electrons. The van der Waals surface area contributed by atoms with Gasteiger partial charge in [0.15, 0.2) is 0 Å². The minimum atomic E-state index is -2.95. The van der Waals surface area contributed by atoms with Crippen molar-refractivity contribution in [1.29, 1.82) is 0 Å². The number of carbonyl (C=O) groups excluding carboxylic acids is 1. The van der Waals surface area contributed by atoms with Crippen molar-refractivity contribution >= 4 is 24.7 Å². The summed E-state index contributed by atoms with van der Waals surface area (Å²) >= 11 is 0. The Balaban J connectivity index is 1.29. The molecule has 0 spiro atoms. The number of cyclic esters (lactones) is 1. The summed E-state index contributed by atoms with van der Waals surface area (Å²) in [5, 5.41) is 1.93. The van der Waals surface area contributed by atoms with E-state index >= 15 is 0 Å². The zero-order valence-electron chi connectivity index (χ0n) is 22.1. The molecule has 0 unspecified atom stereocenters. The molecule has 4 nitrogen and oxygen atoms in total. The zero-order chi connectivity index (χ0) is 25.8. The van der Waals surface area contributed by atoms with E-state index in [4.69, 9.17) is 9.47 Å². The Morgan fingerprint density at radius 3 is 2.11 bits per heavy atom. The Bertz CT molecular complexity index is 980. The summed E-state index contributed by atoms with van der Waals surface area (Å²) in [6.07, 6.45) is 7.88. The number of rotatable bonds is 11. The molecule has 0 radical (unpaired) electrons. The standard InChI is InChI=1S/C31H42O4Si/c1-23-21-25(34-29(23)19-18-26-22-24(2)30(32)35-26)13-11-12-20-31(3,4)36(33,27-14-7-5-8-15-27)28-16-9-6-10-17-28/h5-10,14-17,24-26,29,33H,1,11-13,18-22H2,2-4H3/t24-,25+,26-,29+/m1/s1. The van der Waals surface area contributed by atoms with Crippen molar-refractivity contribution in [2.45, 2.75) is 95.5 Å². The van der Waals surface area contributed by atoms with E-state index in [0.29, 0.717) is 0 Å².